The molecule has 0 radical (unpaired) electrons. The van der Waals surface area contributed by atoms with Gasteiger partial charge in [0.2, 0.25) is 0 Å². The van der Waals surface area contributed by atoms with Crippen LogP contribution in [0.1, 0.15) is 70.2 Å². The van der Waals surface area contributed by atoms with Crippen molar-refractivity contribution in [3.63, 3.8) is 0 Å². The number of methoxy groups -OCH3 is 1. The Morgan fingerprint density at radius 3 is 2.58 bits per heavy atom. The summed E-state index contributed by atoms with van der Waals surface area (Å²) < 4.78 is 11.5. The average Bonchev–Trinajstić information content (AvgIpc) is 2.95. The molecule has 0 aromatic heterocycles. The third-order valence-electron chi connectivity index (χ3n) is 6.72. The minimum Gasteiger partial charge on any atom is -0.496 e. The summed E-state index contributed by atoms with van der Waals surface area (Å²) in [6.45, 7) is 3.95. The number of hydrogen-bond acceptors (Lipinski definition) is 4. The molecule has 1 aliphatic carbocycles. The van der Waals surface area contributed by atoms with Crippen LogP contribution in [0.3, 0.4) is 0 Å². The Kier molecular flexibility index (Phi) is 5.20. The van der Waals surface area contributed by atoms with Crippen LogP contribution >= 0.6 is 0 Å². The molecule has 0 bridgehead atoms. The summed E-state index contributed by atoms with van der Waals surface area (Å²) in [5.41, 5.74) is 4.83. The van der Waals surface area contributed by atoms with Crippen LogP contribution in [0.2, 0.25) is 0 Å². The second kappa shape index (κ2) is 8.07. The van der Waals surface area contributed by atoms with Gasteiger partial charge in [-0.25, -0.2) is 4.79 Å². The first kappa shape index (κ1) is 21.3. The molecule has 1 heterocycles. The smallest absolute Gasteiger partial charge is 0.339 e. The summed E-state index contributed by atoms with van der Waals surface area (Å²) in [7, 11) is 1.66. The molecule has 1 amide bonds. The summed E-state index contributed by atoms with van der Waals surface area (Å²) in [6, 6.07) is 19.0. The van der Waals surface area contributed by atoms with Gasteiger partial charge in [-0.05, 0) is 62.4 Å². The fourth-order valence-corrected chi connectivity index (χ4v) is 5.08. The van der Waals surface area contributed by atoms with E-state index in [0.717, 1.165) is 47.3 Å². The molecule has 2 aliphatic rings. The predicted molar refractivity (Wildman–Crippen MR) is 126 cm³/mol. The molecule has 0 fully saturated rings. The van der Waals surface area contributed by atoms with Crippen LogP contribution in [0.15, 0.2) is 60.7 Å². The fraction of sp³-hybridized carbons (Fsp3) is 0.286. The Balaban J connectivity index is 1.66. The fourth-order valence-electron chi connectivity index (χ4n) is 5.08. The summed E-state index contributed by atoms with van der Waals surface area (Å²) >= 11 is 0. The number of carbonyl (C=O) groups is 2. The maximum atomic E-state index is 13.6. The first-order valence-electron chi connectivity index (χ1n) is 11.3. The zero-order valence-corrected chi connectivity index (χ0v) is 19.1. The minimum absolute atomic E-state index is 0.229. The molecule has 5 nitrogen and oxygen atoms in total. The standard InChI is InChI=1S/C28H27NO4/c1-28(2,17-9-5-4-6-10-17)29-26(30)20-12-7-13-21-24(20)19-15-16-22(32-3)18-11-8-14-23(25(18)19)33-27(21)31/h4-7,9-10,12-13,15-16,23H,8,11,14H2,1-3H3,(H,29,30)/t23-/m1/s1. The van der Waals surface area contributed by atoms with E-state index in [9.17, 15) is 9.59 Å². The van der Waals surface area contributed by atoms with Crippen molar-refractivity contribution in [2.24, 2.45) is 0 Å². The Morgan fingerprint density at radius 2 is 1.82 bits per heavy atom. The SMILES string of the molecule is COc1ccc2c3c1CCC[C@H]3OC(=O)c1cccc(C(=O)NC(C)(C)c3ccccc3)c1-2. The van der Waals surface area contributed by atoms with Crippen LogP contribution in [0, 0.1) is 0 Å². The van der Waals surface area contributed by atoms with Crippen LogP contribution in [0.25, 0.3) is 11.1 Å². The molecule has 0 saturated carbocycles. The molecule has 3 aromatic rings. The van der Waals surface area contributed by atoms with E-state index in [-0.39, 0.29) is 12.0 Å². The van der Waals surface area contributed by atoms with Gasteiger partial charge < -0.3 is 14.8 Å². The number of esters is 1. The van der Waals surface area contributed by atoms with Crippen molar-refractivity contribution in [1.82, 2.24) is 5.32 Å². The zero-order valence-electron chi connectivity index (χ0n) is 19.1. The maximum Gasteiger partial charge on any atom is 0.339 e. The topological polar surface area (TPSA) is 64.6 Å². The Hall–Kier alpha value is -3.60. The molecule has 33 heavy (non-hydrogen) atoms. The van der Waals surface area contributed by atoms with Gasteiger partial charge in [-0.1, -0.05) is 42.5 Å². The highest BCUT2D eigenvalue weighted by Crippen LogP contribution is 2.47. The Morgan fingerprint density at radius 1 is 1.03 bits per heavy atom. The monoisotopic (exact) mass is 441 g/mol. The molecule has 168 valence electrons. The van der Waals surface area contributed by atoms with E-state index < -0.39 is 11.5 Å². The number of benzene rings is 3. The maximum absolute atomic E-state index is 13.6. The highest BCUT2D eigenvalue weighted by molar-refractivity contribution is 6.09. The van der Waals surface area contributed by atoms with E-state index in [1.807, 2.05) is 56.3 Å². The molecule has 5 rings (SSSR count). The third-order valence-corrected chi connectivity index (χ3v) is 6.72. The number of rotatable bonds is 4. The van der Waals surface area contributed by atoms with E-state index in [4.69, 9.17) is 9.47 Å². The van der Waals surface area contributed by atoms with Gasteiger partial charge in [0.05, 0.1) is 18.2 Å². The van der Waals surface area contributed by atoms with Gasteiger partial charge in [0.15, 0.2) is 0 Å². The second-order valence-corrected chi connectivity index (χ2v) is 9.17. The first-order chi connectivity index (χ1) is 15.9. The summed E-state index contributed by atoms with van der Waals surface area (Å²) in [5.74, 6) is 0.174. The summed E-state index contributed by atoms with van der Waals surface area (Å²) in [5, 5.41) is 3.17. The Bertz CT molecular complexity index is 1250. The van der Waals surface area contributed by atoms with Gasteiger partial charge >= 0.3 is 5.97 Å². The predicted octanol–water partition coefficient (Wildman–Crippen LogP) is 5.58. The number of hydrogen-bond donors (Lipinski definition) is 1. The highest BCUT2D eigenvalue weighted by atomic mass is 16.5. The van der Waals surface area contributed by atoms with Crippen molar-refractivity contribution in [1.29, 1.82) is 0 Å². The lowest BCUT2D eigenvalue weighted by Crippen LogP contribution is -2.41. The van der Waals surface area contributed by atoms with E-state index >= 15 is 0 Å². The van der Waals surface area contributed by atoms with Crippen molar-refractivity contribution in [3.05, 3.63) is 88.5 Å². The Labute approximate surface area is 193 Å². The van der Waals surface area contributed by atoms with Crippen molar-refractivity contribution in [2.75, 3.05) is 7.11 Å². The van der Waals surface area contributed by atoms with Gasteiger partial charge in [0, 0.05) is 22.3 Å². The van der Waals surface area contributed by atoms with Gasteiger partial charge in [-0.2, -0.15) is 0 Å². The quantitative estimate of drug-likeness (QED) is 0.537. The summed E-state index contributed by atoms with van der Waals surface area (Å²) in [6.07, 6.45) is 2.19. The molecule has 5 heteroatoms. The molecule has 3 aromatic carbocycles. The number of carbonyl (C=O) groups excluding carboxylic acids is 2. The normalized spacial score (nSPS) is 16.7. The number of amides is 1. The van der Waals surface area contributed by atoms with E-state index in [1.54, 1.807) is 25.3 Å². The molecule has 0 spiro atoms. The van der Waals surface area contributed by atoms with Crippen LogP contribution in [-0.2, 0) is 16.7 Å². The van der Waals surface area contributed by atoms with E-state index in [2.05, 4.69) is 5.32 Å². The molecular formula is C28H27NO4. The van der Waals surface area contributed by atoms with Crippen molar-refractivity contribution in [3.8, 4) is 16.9 Å². The van der Waals surface area contributed by atoms with Gasteiger partial charge in [0.25, 0.3) is 5.91 Å². The lowest BCUT2D eigenvalue weighted by atomic mass is 9.82. The molecule has 1 atom stereocenters. The molecular weight excluding hydrogens is 414 g/mol. The van der Waals surface area contributed by atoms with Crippen LogP contribution in [-0.4, -0.2) is 19.0 Å². The zero-order chi connectivity index (χ0) is 23.2. The van der Waals surface area contributed by atoms with Crippen molar-refractivity contribution >= 4 is 11.9 Å². The molecule has 1 N–H and O–H groups in total. The van der Waals surface area contributed by atoms with Crippen molar-refractivity contribution < 1.29 is 19.1 Å². The van der Waals surface area contributed by atoms with Crippen LogP contribution < -0.4 is 10.1 Å². The van der Waals surface area contributed by atoms with Crippen molar-refractivity contribution in [2.45, 2.75) is 44.8 Å². The van der Waals surface area contributed by atoms with Gasteiger partial charge in [0.1, 0.15) is 11.9 Å². The lowest BCUT2D eigenvalue weighted by Gasteiger charge is -2.28. The number of fused-ring (bicyclic) bond motifs is 2. The summed E-state index contributed by atoms with van der Waals surface area (Å²) in [4.78, 5) is 26.7. The van der Waals surface area contributed by atoms with Gasteiger partial charge in [-0.3, -0.25) is 4.79 Å². The van der Waals surface area contributed by atoms with Crippen LogP contribution in [0.5, 0.6) is 5.75 Å². The molecule has 0 unspecified atom stereocenters. The first-order valence-corrected chi connectivity index (χ1v) is 11.3. The molecule has 1 aliphatic heterocycles. The second-order valence-electron chi connectivity index (χ2n) is 9.17. The largest absolute Gasteiger partial charge is 0.496 e. The van der Waals surface area contributed by atoms with Crippen LogP contribution in [0.4, 0.5) is 0 Å². The highest BCUT2D eigenvalue weighted by Gasteiger charge is 2.36. The lowest BCUT2D eigenvalue weighted by molar-refractivity contribution is 0.0265. The number of nitrogens with one attached hydrogen (secondary N) is 1. The van der Waals surface area contributed by atoms with E-state index in [1.165, 1.54) is 0 Å². The molecule has 0 saturated heterocycles. The average molecular weight is 442 g/mol. The minimum atomic E-state index is -0.589. The number of ether oxygens (including phenoxy) is 2. The third kappa shape index (κ3) is 3.58. The van der Waals surface area contributed by atoms with E-state index in [0.29, 0.717) is 16.7 Å². The van der Waals surface area contributed by atoms with Gasteiger partial charge in [-0.15, -0.1) is 0 Å².